The molecule has 2 rings (SSSR count). The lowest BCUT2D eigenvalue weighted by molar-refractivity contribution is 0.0587. The highest BCUT2D eigenvalue weighted by atomic mass is 19.2. The van der Waals surface area contributed by atoms with Crippen LogP contribution in [-0.2, 0) is 4.74 Å². The molecule has 0 saturated carbocycles. The molecule has 0 radical (unpaired) electrons. The number of aromatic nitrogens is 2. The van der Waals surface area contributed by atoms with E-state index in [-0.39, 0.29) is 11.4 Å². The van der Waals surface area contributed by atoms with Crippen molar-refractivity contribution >= 4 is 11.8 Å². The minimum absolute atomic E-state index is 0.285. The molecule has 0 aliphatic rings. The average molecular weight is 289 g/mol. The molecule has 0 bridgehead atoms. The normalized spacial score (nSPS) is 10.7. The SMILES string of the molecule is COC(=O)c1c(F)c(F)c(-c2cn[nH]c2N)c(F)c1F. The fourth-order valence-corrected chi connectivity index (χ4v) is 1.64. The maximum absolute atomic E-state index is 13.9. The van der Waals surface area contributed by atoms with Gasteiger partial charge in [0, 0.05) is 5.56 Å². The summed E-state index contributed by atoms with van der Waals surface area (Å²) in [5.74, 6) is -9.09. The summed E-state index contributed by atoms with van der Waals surface area (Å²) in [7, 11) is 0.818. The van der Waals surface area contributed by atoms with Crippen LogP contribution < -0.4 is 5.73 Å². The fourth-order valence-electron chi connectivity index (χ4n) is 1.64. The third-order valence-corrected chi connectivity index (χ3v) is 2.59. The molecule has 2 aromatic rings. The van der Waals surface area contributed by atoms with Gasteiger partial charge in [-0.2, -0.15) is 5.10 Å². The molecular formula is C11H7F4N3O2. The van der Waals surface area contributed by atoms with E-state index in [1.54, 1.807) is 0 Å². The number of methoxy groups -OCH3 is 1. The number of carbonyl (C=O) groups is 1. The van der Waals surface area contributed by atoms with E-state index in [1.807, 2.05) is 0 Å². The van der Waals surface area contributed by atoms with Crippen molar-refractivity contribution < 1.29 is 27.1 Å². The number of ether oxygens (including phenoxy) is 1. The fraction of sp³-hybridized carbons (Fsp3) is 0.0909. The zero-order valence-corrected chi connectivity index (χ0v) is 9.93. The molecule has 3 N–H and O–H groups in total. The molecule has 1 aromatic carbocycles. The lowest BCUT2D eigenvalue weighted by Gasteiger charge is -2.10. The maximum atomic E-state index is 13.9. The summed E-state index contributed by atoms with van der Waals surface area (Å²) >= 11 is 0. The number of hydrogen-bond acceptors (Lipinski definition) is 4. The van der Waals surface area contributed by atoms with Crippen molar-refractivity contribution in [1.29, 1.82) is 0 Å². The molecule has 0 saturated heterocycles. The monoisotopic (exact) mass is 289 g/mol. The lowest BCUT2D eigenvalue weighted by atomic mass is 10.0. The van der Waals surface area contributed by atoms with Crippen molar-refractivity contribution in [3.8, 4) is 11.1 Å². The van der Waals surface area contributed by atoms with E-state index in [1.165, 1.54) is 0 Å². The van der Waals surface area contributed by atoms with E-state index in [0.29, 0.717) is 0 Å². The molecule has 20 heavy (non-hydrogen) atoms. The number of aromatic amines is 1. The first-order chi connectivity index (χ1) is 9.40. The van der Waals surface area contributed by atoms with Gasteiger partial charge in [0.1, 0.15) is 11.4 Å². The Morgan fingerprint density at radius 3 is 2.15 bits per heavy atom. The first kappa shape index (κ1) is 13.8. The quantitative estimate of drug-likeness (QED) is 0.503. The predicted molar refractivity (Wildman–Crippen MR) is 59.6 cm³/mol. The number of nitrogens with zero attached hydrogens (tertiary/aromatic N) is 1. The summed E-state index contributed by atoms with van der Waals surface area (Å²) in [6.45, 7) is 0. The van der Waals surface area contributed by atoms with Crippen molar-refractivity contribution in [2.24, 2.45) is 0 Å². The molecule has 0 spiro atoms. The molecule has 0 fully saturated rings. The third-order valence-electron chi connectivity index (χ3n) is 2.59. The van der Waals surface area contributed by atoms with Crippen molar-refractivity contribution in [3.05, 3.63) is 35.0 Å². The summed E-state index contributed by atoms with van der Waals surface area (Å²) < 4.78 is 59.2. The summed E-state index contributed by atoms with van der Waals surface area (Å²) in [5, 5.41) is 5.56. The number of H-pyrrole nitrogens is 1. The molecule has 5 nitrogen and oxygen atoms in total. The van der Waals surface area contributed by atoms with Crippen molar-refractivity contribution in [2.75, 3.05) is 12.8 Å². The van der Waals surface area contributed by atoms with Crippen LogP contribution in [0.15, 0.2) is 6.20 Å². The number of rotatable bonds is 2. The highest BCUT2D eigenvalue weighted by Gasteiger charge is 2.31. The van der Waals surface area contributed by atoms with Crippen LogP contribution >= 0.6 is 0 Å². The van der Waals surface area contributed by atoms with Crippen molar-refractivity contribution in [1.82, 2.24) is 10.2 Å². The zero-order valence-electron chi connectivity index (χ0n) is 9.93. The smallest absolute Gasteiger partial charge is 0.344 e. The number of carbonyl (C=O) groups excluding carboxylic acids is 1. The Labute approximate surface area is 109 Å². The van der Waals surface area contributed by atoms with Gasteiger partial charge < -0.3 is 10.5 Å². The number of nitrogens with two attached hydrogens (primary N) is 1. The van der Waals surface area contributed by atoms with Crippen LogP contribution in [0.5, 0.6) is 0 Å². The molecule has 106 valence electrons. The number of nitrogen functional groups attached to an aromatic ring is 1. The van der Waals surface area contributed by atoms with E-state index in [0.717, 1.165) is 13.3 Å². The average Bonchev–Trinajstić information content (AvgIpc) is 2.83. The number of esters is 1. The van der Waals surface area contributed by atoms with Gasteiger partial charge in [0.2, 0.25) is 0 Å². The predicted octanol–water partition coefficient (Wildman–Crippen LogP) is 2.00. The van der Waals surface area contributed by atoms with Crippen molar-refractivity contribution in [2.45, 2.75) is 0 Å². The molecule has 9 heteroatoms. The second kappa shape index (κ2) is 4.83. The van der Waals surface area contributed by atoms with E-state index >= 15 is 0 Å². The number of nitrogens with one attached hydrogen (secondary N) is 1. The highest BCUT2D eigenvalue weighted by Crippen LogP contribution is 2.34. The summed E-state index contributed by atoms with van der Waals surface area (Å²) in [4.78, 5) is 11.1. The first-order valence-electron chi connectivity index (χ1n) is 5.13. The molecule has 0 atom stereocenters. The van der Waals surface area contributed by atoms with Gasteiger partial charge in [-0.1, -0.05) is 0 Å². The Morgan fingerprint density at radius 1 is 1.20 bits per heavy atom. The van der Waals surface area contributed by atoms with E-state index in [4.69, 9.17) is 5.73 Å². The zero-order chi connectivity index (χ0) is 15.0. The lowest BCUT2D eigenvalue weighted by Crippen LogP contribution is -2.13. The van der Waals surface area contributed by atoms with Crippen LogP contribution in [0.25, 0.3) is 11.1 Å². The van der Waals surface area contributed by atoms with E-state index in [2.05, 4.69) is 14.9 Å². The second-order valence-electron chi connectivity index (χ2n) is 3.69. The molecule has 1 aromatic heterocycles. The summed E-state index contributed by atoms with van der Waals surface area (Å²) in [6, 6.07) is 0. The largest absolute Gasteiger partial charge is 0.465 e. The number of hydrogen-bond donors (Lipinski definition) is 2. The van der Waals surface area contributed by atoms with Gasteiger partial charge in [-0.3, -0.25) is 5.10 Å². The van der Waals surface area contributed by atoms with E-state index in [9.17, 15) is 22.4 Å². The number of benzene rings is 1. The van der Waals surface area contributed by atoms with Crippen LogP contribution in [-0.4, -0.2) is 23.3 Å². The van der Waals surface area contributed by atoms with Gasteiger partial charge in [0.25, 0.3) is 0 Å². The summed E-state index contributed by atoms with van der Waals surface area (Å²) in [5.41, 5.74) is 2.47. The van der Waals surface area contributed by atoms with Gasteiger partial charge in [-0.15, -0.1) is 0 Å². The minimum Gasteiger partial charge on any atom is -0.465 e. The Morgan fingerprint density at radius 2 is 1.75 bits per heavy atom. The van der Waals surface area contributed by atoms with Crippen molar-refractivity contribution in [3.63, 3.8) is 0 Å². The van der Waals surface area contributed by atoms with Crippen LogP contribution in [0.1, 0.15) is 10.4 Å². The Bertz CT molecular complexity index is 670. The van der Waals surface area contributed by atoms with Crippen LogP contribution in [0.2, 0.25) is 0 Å². The highest BCUT2D eigenvalue weighted by molar-refractivity contribution is 5.91. The molecule has 0 aliphatic heterocycles. The molecule has 0 unspecified atom stereocenters. The Kier molecular flexibility index (Phi) is 3.35. The van der Waals surface area contributed by atoms with Crippen LogP contribution in [0.4, 0.5) is 23.4 Å². The van der Waals surface area contributed by atoms with Gasteiger partial charge >= 0.3 is 5.97 Å². The summed E-state index contributed by atoms with van der Waals surface area (Å²) in [6.07, 6.45) is 0.896. The topological polar surface area (TPSA) is 81.0 Å². The Hall–Kier alpha value is -2.58. The number of halogens is 4. The van der Waals surface area contributed by atoms with Crippen LogP contribution in [0, 0.1) is 23.3 Å². The van der Waals surface area contributed by atoms with Crippen LogP contribution in [0.3, 0.4) is 0 Å². The Balaban J connectivity index is 2.81. The second-order valence-corrected chi connectivity index (χ2v) is 3.69. The first-order valence-corrected chi connectivity index (χ1v) is 5.13. The van der Waals surface area contributed by atoms with Gasteiger partial charge in [-0.05, 0) is 0 Å². The number of anilines is 1. The standard InChI is InChI=1S/C11H7F4N3O2/c1-20-11(19)5-8(14)6(12)4(7(13)9(5)15)3-2-17-18-10(3)16/h2H,1H3,(H3,16,17,18). The molecule has 0 aliphatic carbocycles. The third kappa shape index (κ3) is 1.87. The van der Waals surface area contributed by atoms with Gasteiger partial charge in [0.05, 0.1) is 18.9 Å². The van der Waals surface area contributed by atoms with Gasteiger partial charge in [0.15, 0.2) is 23.3 Å². The minimum atomic E-state index is -1.87. The molecule has 1 heterocycles. The van der Waals surface area contributed by atoms with Gasteiger partial charge in [-0.25, -0.2) is 22.4 Å². The van der Waals surface area contributed by atoms with E-state index < -0.39 is 40.4 Å². The molecular weight excluding hydrogens is 282 g/mol. The maximum Gasteiger partial charge on any atom is 0.344 e. The molecule has 0 amide bonds.